The van der Waals surface area contributed by atoms with Gasteiger partial charge >= 0.3 is 0 Å². The summed E-state index contributed by atoms with van der Waals surface area (Å²) in [4.78, 5) is 5.44. The zero-order valence-corrected chi connectivity index (χ0v) is 12.0. The summed E-state index contributed by atoms with van der Waals surface area (Å²) in [5.74, 6) is 1.60. The summed E-state index contributed by atoms with van der Waals surface area (Å²) in [5.41, 5.74) is 6.98. The normalized spacial score (nSPS) is 14.9. The lowest BCUT2D eigenvalue weighted by Gasteiger charge is -2.18. The molecule has 2 aromatic rings. The van der Waals surface area contributed by atoms with Crippen LogP contribution in [0.2, 0.25) is 0 Å². The summed E-state index contributed by atoms with van der Waals surface area (Å²) in [5, 5.41) is 0.927. The van der Waals surface area contributed by atoms with E-state index in [1.54, 1.807) is 18.0 Å². The lowest BCUT2D eigenvalue weighted by atomic mass is 10.1. The lowest BCUT2D eigenvalue weighted by molar-refractivity contribution is 0.171. The zero-order valence-electron chi connectivity index (χ0n) is 11.2. The first-order valence-corrected chi connectivity index (χ1v) is 7.33. The van der Waals surface area contributed by atoms with Crippen LogP contribution in [-0.4, -0.2) is 18.2 Å². The van der Waals surface area contributed by atoms with Gasteiger partial charge in [-0.15, -0.1) is 0 Å². The van der Waals surface area contributed by atoms with Crippen molar-refractivity contribution in [3.63, 3.8) is 0 Å². The van der Waals surface area contributed by atoms with Crippen molar-refractivity contribution in [3.8, 4) is 11.5 Å². The highest BCUT2D eigenvalue weighted by atomic mass is 32.2. The van der Waals surface area contributed by atoms with Crippen LogP contribution >= 0.6 is 11.8 Å². The van der Waals surface area contributed by atoms with Crippen LogP contribution < -0.4 is 15.2 Å². The fraction of sp³-hybridized carbons (Fsp3) is 0.267. The molecule has 0 unspecified atom stereocenters. The predicted molar refractivity (Wildman–Crippen MR) is 78.4 cm³/mol. The van der Waals surface area contributed by atoms with Gasteiger partial charge in [0.1, 0.15) is 18.2 Å². The minimum absolute atomic E-state index is 0.0117. The second-order valence-corrected chi connectivity index (χ2v) is 5.72. The van der Waals surface area contributed by atoms with Gasteiger partial charge in [-0.25, -0.2) is 4.98 Å². The maximum Gasteiger partial charge on any atom is 0.162 e. The lowest BCUT2D eigenvalue weighted by Crippen LogP contribution is -2.15. The molecule has 104 valence electrons. The number of hydrogen-bond donors (Lipinski definition) is 1. The Morgan fingerprint density at radius 3 is 2.75 bits per heavy atom. The van der Waals surface area contributed by atoms with Crippen LogP contribution in [0, 0.1) is 0 Å². The smallest absolute Gasteiger partial charge is 0.162 e. The van der Waals surface area contributed by atoms with Crippen molar-refractivity contribution in [3.05, 3.63) is 42.1 Å². The number of benzene rings is 1. The van der Waals surface area contributed by atoms with Crippen molar-refractivity contribution in [1.29, 1.82) is 0 Å². The Hall–Kier alpha value is -1.72. The highest BCUT2D eigenvalue weighted by Gasteiger charge is 2.12. The van der Waals surface area contributed by atoms with E-state index in [0.717, 1.165) is 27.0 Å². The molecule has 4 nitrogen and oxygen atoms in total. The molecule has 0 fully saturated rings. The Morgan fingerprint density at radius 2 is 1.95 bits per heavy atom. The molecule has 5 heteroatoms. The Labute approximate surface area is 122 Å². The first kappa shape index (κ1) is 13.3. The number of nitrogens with zero attached hydrogens (tertiary/aromatic N) is 1. The van der Waals surface area contributed by atoms with Crippen LogP contribution in [0.15, 0.2) is 46.5 Å². The molecule has 2 N–H and O–H groups in total. The molecule has 0 bridgehead atoms. The number of fused-ring (bicyclic) bond motifs is 1. The molecule has 3 rings (SSSR count). The Balaban J connectivity index is 1.82. The molecule has 0 spiro atoms. The molecule has 0 radical (unpaired) electrons. The molecule has 1 aliphatic heterocycles. The third-order valence-electron chi connectivity index (χ3n) is 3.02. The molecule has 1 aromatic heterocycles. The second kappa shape index (κ2) is 5.73. The maximum atomic E-state index is 5.89. The zero-order chi connectivity index (χ0) is 13.9. The quantitative estimate of drug-likeness (QED) is 0.940. The van der Waals surface area contributed by atoms with Gasteiger partial charge in [-0.05, 0) is 42.8 Å². The third kappa shape index (κ3) is 2.89. The fourth-order valence-corrected chi connectivity index (χ4v) is 2.82. The van der Waals surface area contributed by atoms with Crippen LogP contribution in [0.4, 0.5) is 0 Å². The largest absolute Gasteiger partial charge is 0.486 e. The van der Waals surface area contributed by atoms with Crippen molar-refractivity contribution in [2.24, 2.45) is 5.73 Å². The Bertz CT molecular complexity index is 617. The number of ether oxygens (including phenoxy) is 2. The van der Waals surface area contributed by atoms with Crippen molar-refractivity contribution in [2.75, 3.05) is 13.2 Å². The number of rotatable bonds is 3. The predicted octanol–water partition coefficient (Wildman–Crippen LogP) is 3.02. The van der Waals surface area contributed by atoms with E-state index >= 15 is 0 Å². The fourth-order valence-electron chi connectivity index (χ4n) is 1.97. The monoisotopic (exact) mass is 288 g/mol. The van der Waals surface area contributed by atoms with E-state index in [-0.39, 0.29) is 6.04 Å². The van der Waals surface area contributed by atoms with Crippen molar-refractivity contribution >= 4 is 11.8 Å². The Morgan fingerprint density at radius 1 is 1.15 bits per heavy atom. The summed E-state index contributed by atoms with van der Waals surface area (Å²) in [6, 6.07) is 9.91. The molecular formula is C15H16N2O2S. The summed E-state index contributed by atoms with van der Waals surface area (Å²) in [6.45, 7) is 3.17. The molecule has 1 atom stereocenters. The Kier molecular flexibility index (Phi) is 3.80. The van der Waals surface area contributed by atoms with Crippen molar-refractivity contribution < 1.29 is 9.47 Å². The maximum absolute atomic E-state index is 5.89. The van der Waals surface area contributed by atoms with E-state index in [1.807, 2.05) is 37.3 Å². The average molecular weight is 288 g/mol. The minimum atomic E-state index is 0.0117. The third-order valence-corrected chi connectivity index (χ3v) is 3.94. The topological polar surface area (TPSA) is 57.4 Å². The van der Waals surface area contributed by atoms with Crippen LogP contribution in [0.25, 0.3) is 0 Å². The van der Waals surface area contributed by atoms with Gasteiger partial charge in [0, 0.05) is 17.1 Å². The first-order chi connectivity index (χ1) is 9.72. The average Bonchev–Trinajstić information content (AvgIpc) is 2.47. The standard InChI is InChI=1S/C15H16N2O2S/c1-10(16)11-4-5-17-15(8-11)20-12-2-3-13-14(9-12)19-7-6-18-13/h2-5,8-10H,6-7,16H2,1H3/t10-/m1/s1. The molecule has 1 aromatic carbocycles. The molecule has 1 aliphatic rings. The molecule has 2 heterocycles. The summed E-state index contributed by atoms with van der Waals surface area (Å²) >= 11 is 1.59. The molecular weight excluding hydrogens is 272 g/mol. The summed E-state index contributed by atoms with van der Waals surface area (Å²) in [7, 11) is 0. The second-order valence-electron chi connectivity index (χ2n) is 4.62. The van der Waals surface area contributed by atoms with E-state index in [4.69, 9.17) is 15.2 Å². The van der Waals surface area contributed by atoms with Gasteiger partial charge in [0.25, 0.3) is 0 Å². The molecule has 0 aliphatic carbocycles. The molecule has 0 saturated heterocycles. The van der Waals surface area contributed by atoms with Crippen molar-refractivity contribution in [1.82, 2.24) is 4.98 Å². The first-order valence-electron chi connectivity index (χ1n) is 6.51. The van der Waals surface area contributed by atoms with E-state index in [2.05, 4.69) is 4.98 Å². The van der Waals surface area contributed by atoms with E-state index in [0.29, 0.717) is 13.2 Å². The van der Waals surface area contributed by atoms with Crippen LogP contribution in [0.5, 0.6) is 11.5 Å². The number of hydrogen-bond acceptors (Lipinski definition) is 5. The molecule has 0 amide bonds. The minimum Gasteiger partial charge on any atom is -0.486 e. The van der Waals surface area contributed by atoms with Crippen LogP contribution in [-0.2, 0) is 0 Å². The van der Waals surface area contributed by atoms with Crippen LogP contribution in [0.3, 0.4) is 0 Å². The van der Waals surface area contributed by atoms with Crippen LogP contribution in [0.1, 0.15) is 18.5 Å². The van der Waals surface area contributed by atoms with E-state index < -0.39 is 0 Å². The summed E-state index contributed by atoms with van der Waals surface area (Å²) in [6.07, 6.45) is 1.79. The highest BCUT2D eigenvalue weighted by Crippen LogP contribution is 2.36. The van der Waals surface area contributed by atoms with Gasteiger partial charge in [0.2, 0.25) is 0 Å². The van der Waals surface area contributed by atoms with E-state index in [9.17, 15) is 0 Å². The molecule has 0 saturated carbocycles. The van der Waals surface area contributed by atoms with E-state index in [1.165, 1.54) is 0 Å². The van der Waals surface area contributed by atoms with Gasteiger partial charge in [0.05, 0.1) is 0 Å². The number of nitrogens with two attached hydrogens (primary N) is 1. The number of pyridine rings is 1. The van der Waals surface area contributed by atoms with Gasteiger partial charge in [0.15, 0.2) is 11.5 Å². The SMILES string of the molecule is C[C@@H](N)c1ccnc(Sc2ccc3c(c2)OCCO3)c1. The summed E-state index contributed by atoms with van der Waals surface area (Å²) < 4.78 is 11.1. The highest BCUT2D eigenvalue weighted by molar-refractivity contribution is 7.99. The van der Waals surface area contributed by atoms with Crippen molar-refractivity contribution in [2.45, 2.75) is 22.9 Å². The number of aromatic nitrogens is 1. The molecule has 20 heavy (non-hydrogen) atoms. The van der Waals surface area contributed by atoms with Gasteiger partial charge in [-0.1, -0.05) is 11.8 Å². The van der Waals surface area contributed by atoms with Gasteiger partial charge in [-0.3, -0.25) is 0 Å². The van der Waals surface area contributed by atoms with Gasteiger partial charge in [-0.2, -0.15) is 0 Å². The van der Waals surface area contributed by atoms with Gasteiger partial charge < -0.3 is 15.2 Å².